The average molecular weight is 384 g/mol. The standard InChI is InChI=1S/C20H20N2O4S/c1-22(17-6-3-2-4-7-17)27(24,25)19-11-9-16(10-12-19)20(23)21-14-13-18-8-5-15-26-18/h2-12,15H,13-14H2,1H3,(H,21,23). The predicted molar refractivity (Wildman–Crippen MR) is 103 cm³/mol. The van der Waals surface area contributed by atoms with E-state index in [1.54, 1.807) is 36.6 Å². The number of nitrogens with one attached hydrogen (secondary N) is 1. The summed E-state index contributed by atoms with van der Waals surface area (Å²) in [5, 5.41) is 2.79. The molecule has 0 fully saturated rings. The van der Waals surface area contributed by atoms with Gasteiger partial charge >= 0.3 is 0 Å². The minimum absolute atomic E-state index is 0.126. The smallest absolute Gasteiger partial charge is 0.264 e. The van der Waals surface area contributed by atoms with Gasteiger partial charge in [-0.2, -0.15) is 0 Å². The Balaban J connectivity index is 1.66. The third-order valence-corrected chi connectivity index (χ3v) is 5.93. The van der Waals surface area contributed by atoms with Crippen LogP contribution in [0.4, 0.5) is 5.69 Å². The fourth-order valence-corrected chi connectivity index (χ4v) is 3.76. The highest BCUT2D eigenvalue weighted by Crippen LogP contribution is 2.21. The van der Waals surface area contributed by atoms with Crippen molar-refractivity contribution in [2.24, 2.45) is 0 Å². The Bertz CT molecular complexity index is 982. The zero-order valence-electron chi connectivity index (χ0n) is 14.8. The predicted octanol–water partition coefficient (Wildman–Crippen LogP) is 3.08. The molecule has 0 atom stereocenters. The molecule has 0 bridgehead atoms. The molecule has 1 N–H and O–H groups in total. The lowest BCUT2D eigenvalue weighted by Crippen LogP contribution is -2.27. The number of rotatable bonds is 7. The van der Waals surface area contributed by atoms with Crippen LogP contribution >= 0.6 is 0 Å². The Labute approximate surface area is 158 Å². The maximum absolute atomic E-state index is 12.7. The summed E-state index contributed by atoms with van der Waals surface area (Å²) < 4.78 is 31.9. The number of furan rings is 1. The summed E-state index contributed by atoms with van der Waals surface area (Å²) in [4.78, 5) is 12.3. The minimum Gasteiger partial charge on any atom is -0.469 e. The Kier molecular flexibility index (Phi) is 5.61. The lowest BCUT2D eigenvalue weighted by Gasteiger charge is -2.19. The van der Waals surface area contributed by atoms with Crippen molar-refractivity contribution in [3.63, 3.8) is 0 Å². The van der Waals surface area contributed by atoms with Crippen molar-refractivity contribution in [2.45, 2.75) is 11.3 Å². The molecule has 0 aliphatic heterocycles. The van der Waals surface area contributed by atoms with Crippen LogP contribution in [-0.2, 0) is 16.4 Å². The molecule has 1 heterocycles. The van der Waals surface area contributed by atoms with Gasteiger partial charge in [0.1, 0.15) is 5.76 Å². The number of para-hydroxylation sites is 1. The quantitative estimate of drug-likeness (QED) is 0.679. The molecule has 140 valence electrons. The number of carbonyl (C=O) groups excluding carboxylic acids is 1. The van der Waals surface area contributed by atoms with Gasteiger partial charge in [0.25, 0.3) is 15.9 Å². The van der Waals surface area contributed by atoms with Gasteiger partial charge in [-0.1, -0.05) is 18.2 Å². The largest absolute Gasteiger partial charge is 0.469 e. The molecule has 1 amide bonds. The molecule has 6 nitrogen and oxygen atoms in total. The molecule has 0 aliphatic rings. The van der Waals surface area contributed by atoms with Gasteiger partial charge in [0, 0.05) is 25.6 Å². The van der Waals surface area contributed by atoms with Crippen LogP contribution < -0.4 is 9.62 Å². The molecule has 7 heteroatoms. The lowest BCUT2D eigenvalue weighted by molar-refractivity contribution is 0.0953. The van der Waals surface area contributed by atoms with Gasteiger partial charge in [0.2, 0.25) is 0 Å². The first-order chi connectivity index (χ1) is 13.0. The van der Waals surface area contributed by atoms with Gasteiger partial charge in [0.15, 0.2) is 0 Å². The van der Waals surface area contributed by atoms with E-state index in [4.69, 9.17) is 4.42 Å². The van der Waals surface area contributed by atoms with Crippen molar-refractivity contribution in [3.8, 4) is 0 Å². The van der Waals surface area contributed by atoms with Gasteiger partial charge in [-0.05, 0) is 48.5 Å². The van der Waals surface area contributed by atoms with Crippen LogP contribution in [0.1, 0.15) is 16.1 Å². The summed E-state index contributed by atoms with van der Waals surface area (Å²) in [6.07, 6.45) is 2.18. The van der Waals surface area contributed by atoms with E-state index in [9.17, 15) is 13.2 Å². The molecule has 3 rings (SSSR count). The first-order valence-corrected chi connectivity index (χ1v) is 9.87. The van der Waals surface area contributed by atoms with Gasteiger partial charge < -0.3 is 9.73 Å². The molecule has 0 unspecified atom stereocenters. The number of benzene rings is 2. The SMILES string of the molecule is CN(c1ccccc1)S(=O)(=O)c1ccc(C(=O)NCCc2ccco2)cc1. The number of amides is 1. The maximum atomic E-state index is 12.7. The summed E-state index contributed by atoms with van der Waals surface area (Å²) in [6.45, 7) is 0.434. The van der Waals surface area contributed by atoms with E-state index in [1.165, 1.54) is 35.6 Å². The molecule has 3 aromatic rings. The lowest BCUT2D eigenvalue weighted by atomic mass is 10.2. The molecule has 0 aliphatic carbocycles. The third-order valence-electron chi connectivity index (χ3n) is 4.13. The second-order valence-corrected chi connectivity index (χ2v) is 7.89. The summed E-state index contributed by atoms with van der Waals surface area (Å²) >= 11 is 0. The highest BCUT2D eigenvalue weighted by Gasteiger charge is 2.21. The van der Waals surface area contributed by atoms with E-state index in [2.05, 4.69) is 5.32 Å². The zero-order valence-corrected chi connectivity index (χ0v) is 15.6. The van der Waals surface area contributed by atoms with Crippen molar-refractivity contribution in [1.29, 1.82) is 0 Å². The van der Waals surface area contributed by atoms with Crippen molar-refractivity contribution in [2.75, 3.05) is 17.9 Å². The van der Waals surface area contributed by atoms with Gasteiger partial charge in [0.05, 0.1) is 16.8 Å². The topological polar surface area (TPSA) is 79.6 Å². The molecule has 27 heavy (non-hydrogen) atoms. The molecular formula is C20H20N2O4S. The molecular weight excluding hydrogens is 364 g/mol. The highest BCUT2D eigenvalue weighted by molar-refractivity contribution is 7.92. The van der Waals surface area contributed by atoms with E-state index < -0.39 is 10.0 Å². The van der Waals surface area contributed by atoms with E-state index in [-0.39, 0.29) is 10.8 Å². The Morgan fingerprint density at radius 3 is 2.33 bits per heavy atom. The molecule has 0 radical (unpaired) electrons. The van der Waals surface area contributed by atoms with Crippen molar-refractivity contribution in [1.82, 2.24) is 5.32 Å². The van der Waals surface area contributed by atoms with Crippen LogP contribution in [0.2, 0.25) is 0 Å². The Morgan fingerprint density at radius 2 is 1.70 bits per heavy atom. The van der Waals surface area contributed by atoms with E-state index in [1.807, 2.05) is 12.1 Å². The fourth-order valence-electron chi connectivity index (χ4n) is 2.57. The van der Waals surface area contributed by atoms with Crippen LogP contribution in [0.3, 0.4) is 0 Å². The molecule has 0 spiro atoms. The van der Waals surface area contributed by atoms with Crippen molar-refractivity contribution >= 4 is 21.6 Å². The monoisotopic (exact) mass is 384 g/mol. The average Bonchev–Trinajstić information content (AvgIpc) is 3.21. The molecule has 0 saturated carbocycles. The summed E-state index contributed by atoms with van der Waals surface area (Å²) in [6, 6.07) is 18.3. The van der Waals surface area contributed by atoms with Crippen LogP contribution in [-0.4, -0.2) is 27.9 Å². The number of nitrogens with zero attached hydrogens (tertiary/aromatic N) is 1. The summed E-state index contributed by atoms with van der Waals surface area (Å²) in [7, 11) is -2.19. The number of anilines is 1. The second kappa shape index (κ2) is 8.09. The van der Waals surface area contributed by atoms with Gasteiger partial charge in [-0.25, -0.2) is 8.42 Å². The zero-order chi connectivity index (χ0) is 19.3. The van der Waals surface area contributed by atoms with Crippen LogP contribution in [0.15, 0.2) is 82.3 Å². The first kappa shape index (κ1) is 18.7. The summed E-state index contributed by atoms with van der Waals surface area (Å²) in [5.41, 5.74) is 0.966. The molecule has 2 aromatic carbocycles. The normalized spacial score (nSPS) is 11.1. The molecule has 0 saturated heterocycles. The van der Waals surface area contributed by atoms with E-state index in [0.717, 1.165) is 5.76 Å². The third kappa shape index (κ3) is 4.38. The fraction of sp³-hybridized carbons (Fsp3) is 0.150. The maximum Gasteiger partial charge on any atom is 0.264 e. The van der Waals surface area contributed by atoms with Crippen molar-refractivity contribution < 1.29 is 17.6 Å². The van der Waals surface area contributed by atoms with Gasteiger partial charge in [-0.15, -0.1) is 0 Å². The second-order valence-electron chi connectivity index (χ2n) is 5.92. The Hall–Kier alpha value is -3.06. The van der Waals surface area contributed by atoms with E-state index >= 15 is 0 Å². The van der Waals surface area contributed by atoms with Crippen LogP contribution in [0.5, 0.6) is 0 Å². The summed E-state index contributed by atoms with van der Waals surface area (Å²) in [5.74, 6) is 0.530. The van der Waals surface area contributed by atoms with Crippen LogP contribution in [0, 0.1) is 0 Å². The van der Waals surface area contributed by atoms with Crippen LogP contribution in [0.25, 0.3) is 0 Å². The highest BCUT2D eigenvalue weighted by atomic mass is 32.2. The Morgan fingerprint density at radius 1 is 1.00 bits per heavy atom. The molecule has 1 aromatic heterocycles. The number of sulfonamides is 1. The van der Waals surface area contributed by atoms with E-state index in [0.29, 0.717) is 24.2 Å². The first-order valence-electron chi connectivity index (χ1n) is 8.43. The minimum atomic E-state index is -3.69. The van der Waals surface area contributed by atoms with Crippen molar-refractivity contribution in [3.05, 3.63) is 84.3 Å². The number of hydrogen-bond acceptors (Lipinski definition) is 4. The number of carbonyl (C=O) groups is 1. The van der Waals surface area contributed by atoms with Gasteiger partial charge in [-0.3, -0.25) is 9.10 Å². The number of hydrogen-bond donors (Lipinski definition) is 1.